The first-order chi connectivity index (χ1) is 12.1. The number of nitrogens with zero attached hydrogens (tertiary/aromatic N) is 1. The molecular formula is C20H25N3O2. The predicted molar refractivity (Wildman–Crippen MR) is 102 cm³/mol. The van der Waals surface area contributed by atoms with Gasteiger partial charge in [-0.25, -0.2) is 5.43 Å². The van der Waals surface area contributed by atoms with Crippen LogP contribution in [0, 0.1) is 5.92 Å². The summed E-state index contributed by atoms with van der Waals surface area (Å²) < 4.78 is 5.16. The van der Waals surface area contributed by atoms with Crippen molar-refractivity contribution in [2.45, 2.75) is 20.3 Å². The van der Waals surface area contributed by atoms with Gasteiger partial charge in [0.15, 0.2) is 0 Å². The largest absolute Gasteiger partial charge is 0.497 e. The van der Waals surface area contributed by atoms with Crippen LogP contribution < -0.4 is 15.5 Å². The second-order valence-corrected chi connectivity index (χ2v) is 6.14. The van der Waals surface area contributed by atoms with Gasteiger partial charge in [0.2, 0.25) is 0 Å². The van der Waals surface area contributed by atoms with E-state index in [1.807, 2.05) is 54.6 Å². The zero-order valence-electron chi connectivity index (χ0n) is 15.0. The molecule has 0 aromatic heterocycles. The molecule has 0 bridgehead atoms. The Morgan fingerprint density at radius 3 is 2.56 bits per heavy atom. The molecule has 0 unspecified atom stereocenters. The number of carbonyl (C=O) groups is 1. The number of anilines is 1. The highest BCUT2D eigenvalue weighted by Crippen LogP contribution is 2.16. The summed E-state index contributed by atoms with van der Waals surface area (Å²) in [5, 5.41) is 7.39. The van der Waals surface area contributed by atoms with Gasteiger partial charge in [0.1, 0.15) is 5.75 Å². The average Bonchev–Trinajstić information content (AvgIpc) is 2.64. The molecule has 5 heteroatoms. The lowest BCUT2D eigenvalue weighted by molar-refractivity contribution is -0.119. The summed E-state index contributed by atoms with van der Waals surface area (Å²) in [5.41, 5.74) is 5.37. The Morgan fingerprint density at radius 2 is 1.88 bits per heavy atom. The van der Waals surface area contributed by atoms with Crippen LogP contribution in [0.25, 0.3) is 0 Å². The third kappa shape index (κ3) is 6.30. The first kappa shape index (κ1) is 18.5. The minimum atomic E-state index is -0.194. The van der Waals surface area contributed by atoms with Gasteiger partial charge in [0.05, 0.1) is 19.4 Å². The summed E-state index contributed by atoms with van der Waals surface area (Å²) in [7, 11) is 1.61. The lowest BCUT2D eigenvalue weighted by Crippen LogP contribution is -2.27. The third-order valence-electron chi connectivity index (χ3n) is 3.55. The third-order valence-corrected chi connectivity index (χ3v) is 3.55. The Balaban J connectivity index is 1.96. The Bertz CT molecular complexity index is 712. The molecule has 0 aliphatic carbocycles. The summed E-state index contributed by atoms with van der Waals surface area (Å²) in [6.07, 6.45) is 0.799. The van der Waals surface area contributed by atoms with E-state index in [4.69, 9.17) is 4.74 Å². The highest BCUT2D eigenvalue weighted by molar-refractivity contribution is 6.01. The molecule has 0 fully saturated rings. The van der Waals surface area contributed by atoms with Crippen molar-refractivity contribution in [1.82, 2.24) is 5.43 Å². The fourth-order valence-electron chi connectivity index (χ4n) is 2.33. The van der Waals surface area contributed by atoms with Crippen molar-refractivity contribution in [1.29, 1.82) is 0 Å². The molecule has 0 radical (unpaired) electrons. The van der Waals surface area contributed by atoms with Crippen molar-refractivity contribution in [3.8, 4) is 5.75 Å². The van der Waals surface area contributed by atoms with Crippen LogP contribution in [-0.4, -0.2) is 25.3 Å². The quantitative estimate of drug-likeness (QED) is 0.570. The van der Waals surface area contributed by atoms with Crippen LogP contribution in [0.15, 0.2) is 59.7 Å². The van der Waals surface area contributed by atoms with E-state index < -0.39 is 0 Å². The fraction of sp³-hybridized carbons (Fsp3) is 0.300. The molecule has 25 heavy (non-hydrogen) atoms. The minimum Gasteiger partial charge on any atom is -0.497 e. The zero-order chi connectivity index (χ0) is 18.1. The Morgan fingerprint density at radius 1 is 1.12 bits per heavy atom. The summed E-state index contributed by atoms with van der Waals surface area (Å²) in [4.78, 5) is 12.1. The van der Waals surface area contributed by atoms with Crippen LogP contribution in [0.5, 0.6) is 5.75 Å². The highest BCUT2D eigenvalue weighted by Gasteiger charge is 2.08. The van der Waals surface area contributed by atoms with Gasteiger partial charge in [-0.15, -0.1) is 0 Å². The van der Waals surface area contributed by atoms with Crippen molar-refractivity contribution in [3.05, 3.63) is 60.2 Å². The van der Waals surface area contributed by atoms with Crippen molar-refractivity contribution < 1.29 is 9.53 Å². The molecular weight excluding hydrogens is 314 g/mol. The SMILES string of the molecule is COc1cccc(NCC(=O)N/N=C(/CC(C)C)c2ccccc2)c1. The molecule has 2 rings (SSSR count). The topological polar surface area (TPSA) is 62.7 Å². The van der Waals surface area contributed by atoms with Gasteiger partial charge in [-0.2, -0.15) is 5.10 Å². The van der Waals surface area contributed by atoms with Gasteiger partial charge in [-0.05, 0) is 30.0 Å². The molecule has 0 spiro atoms. The van der Waals surface area contributed by atoms with Crippen molar-refractivity contribution in [3.63, 3.8) is 0 Å². The average molecular weight is 339 g/mol. The number of carbonyl (C=O) groups excluding carboxylic acids is 1. The van der Waals surface area contributed by atoms with Crippen LogP contribution in [0.3, 0.4) is 0 Å². The van der Waals surface area contributed by atoms with Gasteiger partial charge < -0.3 is 10.1 Å². The summed E-state index contributed by atoms with van der Waals surface area (Å²) in [6.45, 7) is 4.40. The number of methoxy groups -OCH3 is 1. The van der Waals surface area contributed by atoms with E-state index in [1.54, 1.807) is 7.11 Å². The Kier molecular flexibility index (Phi) is 7.01. The maximum atomic E-state index is 12.1. The van der Waals surface area contributed by atoms with E-state index in [0.717, 1.165) is 29.1 Å². The molecule has 2 aromatic carbocycles. The summed E-state index contributed by atoms with van der Waals surface area (Å²) >= 11 is 0. The maximum absolute atomic E-state index is 12.1. The lowest BCUT2D eigenvalue weighted by Gasteiger charge is -2.11. The molecule has 132 valence electrons. The number of hydrazone groups is 1. The van der Waals surface area contributed by atoms with Crippen LogP contribution in [0.4, 0.5) is 5.69 Å². The van der Waals surface area contributed by atoms with E-state index in [9.17, 15) is 4.79 Å². The first-order valence-electron chi connectivity index (χ1n) is 8.37. The van der Waals surface area contributed by atoms with Crippen LogP contribution in [-0.2, 0) is 4.79 Å². The van der Waals surface area contributed by atoms with Crippen molar-refractivity contribution in [2.24, 2.45) is 11.0 Å². The number of benzene rings is 2. The number of nitrogens with one attached hydrogen (secondary N) is 2. The smallest absolute Gasteiger partial charge is 0.259 e. The Labute approximate surface area is 149 Å². The molecule has 0 saturated carbocycles. The molecule has 5 nitrogen and oxygen atoms in total. The molecule has 2 N–H and O–H groups in total. The molecule has 0 atom stereocenters. The van der Waals surface area contributed by atoms with E-state index in [2.05, 4.69) is 29.7 Å². The van der Waals surface area contributed by atoms with Gasteiger partial charge in [-0.3, -0.25) is 4.79 Å². The van der Waals surface area contributed by atoms with Gasteiger partial charge in [-0.1, -0.05) is 50.2 Å². The maximum Gasteiger partial charge on any atom is 0.259 e. The monoisotopic (exact) mass is 339 g/mol. The number of hydrogen-bond acceptors (Lipinski definition) is 4. The summed E-state index contributed by atoms with van der Waals surface area (Å²) in [6, 6.07) is 17.4. The minimum absolute atomic E-state index is 0.139. The van der Waals surface area contributed by atoms with Crippen LogP contribution in [0.1, 0.15) is 25.8 Å². The molecule has 0 aliphatic rings. The molecule has 0 saturated heterocycles. The summed E-state index contributed by atoms with van der Waals surface area (Å²) in [5.74, 6) is 0.998. The van der Waals surface area contributed by atoms with Gasteiger partial charge in [0, 0.05) is 11.8 Å². The van der Waals surface area contributed by atoms with E-state index >= 15 is 0 Å². The number of rotatable bonds is 8. The highest BCUT2D eigenvalue weighted by atomic mass is 16.5. The van der Waals surface area contributed by atoms with Crippen LogP contribution in [0.2, 0.25) is 0 Å². The molecule has 0 heterocycles. The molecule has 2 aromatic rings. The van der Waals surface area contributed by atoms with E-state index in [0.29, 0.717) is 5.92 Å². The normalized spacial score (nSPS) is 11.3. The van der Waals surface area contributed by atoms with Crippen molar-refractivity contribution >= 4 is 17.3 Å². The van der Waals surface area contributed by atoms with Crippen molar-refractivity contribution in [2.75, 3.05) is 19.0 Å². The lowest BCUT2D eigenvalue weighted by atomic mass is 10.0. The predicted octanol–water partition coefficient (Wildman–Crippen LogP) is 3.67. The standard InChI is InChI=1S/C20H25N3O2/c1-15(2)12-19(16-8-5-4-6-9-16)22-23-20(24)14-21-17-10-7-11-18(13-17)25-3/h4-11,13,15,21H,12,14H2,1-3H3,(H,23,24)/b22-19-. The number of ether oxygens (including phenoxy) is 1. The number of amides is 1. The second-order valence-electron chi connectivity index (χ2n) is 6.14. The van der Waals surface area contributed by atoms with Gasteiger partial charge >= 0.3 is 0 Å². The van der Waals surface area contributed by atoms with Gasteiger partial charge in [0.25, 0.3) is 5.91 Å². The zero-order valence-corrected chi connectivity index (χ0v) is 15.0. The van der Waals surface area contributed by atoms with E-state index in [1.165, 1.54) is 0 Å². The Hall–Kier alpha value is -2.82. The van der Waals surface area contributed by atoms with E-state index in [-0.39, 0.29) is 12.5 Å². The van der Waals surface area contributed by atoms with Crippen LogP contribution >= 0.6 is 0 Å². The molecule has 0 aliphatic heterocycles. The fourth-order valence-corrected chi connectivity index (χ4v) is 2.33. The number of hydrogen-bond donors (Lipinski definition) is 2. The first-order valence-corrected chi connectivity index (χ1v) is 8.37. The molecule has 1 amide bonds. The second kappa shape index (κ2) is 9.47.